The number of benzene rings is 1. The van der Waals surface area contributed by atoms with Crippen molar-refractivity contribution in [2.45, 2.75) is 112 Å². The fraction of sp³-hybridized carbons (Fsp3) is 0.690. The van der Waals surface area contributed by atoms with E-state index in [2.05, 4.69) is 75.4 Å². The molecular formula is C42H60N4O2. The molecule has 0 bridgehead atoms. The maximum Gasteiger partial charge on any atom is 0.335 e. The highest BCUT2D eigenvalue weighted by Crippen LogP contribution is 2.76. The largest absolute Gasteiger partial charge is 0.478 e. The first-order valence-corrected chi connectivity index (χ1v) is 19.1. The summed E-state index contributed by atoms with van der Waals surface area (Å²) in [6.45, 7) is 19.9. The Balaban J connectivity index is 1.15. The normalized spacial score (nSPS) is 39.8. The number of aromatic carboxylic acids is 1. The van der Waals surface area contributed by atoms with Crippen molar-refractivity contribution in [2.75, 3.05) is 18.4 Å². The summed E-state index contributed by atoms with van der Waals surface area (Å²) in [7, 11) is 0. The average Bonchev–Trinajstić information content (AvgIpc) is 3.44. The van der Waals surface area contributed by atoms with Gasteiger partial charge >= 0.3 is 5.97 Å². The van der Waals surface area contributed by atoms with Gasteiger partial charge in [-0.15, -0.1) is 5.10 Å². The van der Waals surface area contributed by atoms with Crippen molar-refractivity contribution in [1.29, 1.82) is 0 Å². The van der Waals surface area contributed by atoms with E-state index in [0.29, 0.717) is 34.1 Å². The lowest BCUT2D eigenvalue weighted by Crippen LogP contribution is -2.68. The van der Waals surface area contributed by atoms with E-state index in [1.807, 2.05) is 24.3 Å². The van der Waals surface area contributed by atoms with Crippen LogP contribution in [0.5, 0.6) is 0 Å². The fourth-order valence-corrected chi connectivity index (χ4v) is 13.5. The smallest absolute Gasteiger partial charge is 0.335 e. The van der Waals surface area contributed by atoms with E-state index in [9.17, 15) is 9.90 Å². The molecule has 0 radical (unpaired) electrons. The third-order valence-electron chi connectivity index (χ3n) is 15.8. The Kier molecular flexibility index (Phi) is 8.41. The molecule has 1 aromatic carbocycles. The van der Waals surface area contributed by atoms with Gasteiger partial charge in [0.1, 0.15) is 5.82 Å². The van der Waals surface area contributed by atoms with E-state index in [-0.39, 0.29) is 16.4 Å². The van der Waals surface area contributed by atoms with Crippen molar-refractivity contribution in [2.24, 2.45) is 57.2 Å². The number of anilines is 1. The van der Waals surface area contributed by atoms with Crippen LogP contribution in [0.2, 0.25) is 0 Å². The quantitative estimate of drug-likeness (QED) is 0.246. The lowest BCUT2D eigenvalue weighted by molar-refractivity contribution is -0.221. The van der Waals surface area contributed by atoms with E-state index in [1.165, 1.54) is 62.5 Å². The summed E-state index contributed by atoms with van der Waals surface area (Å²) >= 11 is 0. The van der Waals surface area contributed by atoms with Crippen molar-refractivity contribution in [3.05, 3.63) is 59.8 Å². The summed E-state index contributed by atoms with van der Waals surface area (Å²) < 4.78 is 0. The van der Waals surface area contributed by atoms with Crippen molar-refractivity contribution in [1.82, 2.24) is 15.5 Å². The molecule has 0 saturated heterocycles. The molecule has 7 rings (SSSR count). The van der Waals surface area contributed by atoms with Gasteiger partial charge in [0, 0.05) is 24.8 Å². The lowest BCUT2D eigenvalue weighted by atomic mass is 9.33. The van der Waals surface area contributed by atoms with Gasteiger partial charge in [0.2, 0.25) is 0 Å². The standard InChI is InChI=1S/C42H60N4O2/c1-27(2)30-16-21-42(44-26-25-43-35-9-8-24-45-46-35)23-22-40(6)32(36(30)42)14-15-34-39(5)19-17-31(28-10-12-29(13-11-28)37(47)48)38(3,4)33(39)18-20-41(34,40)7/h8-13,17,24,27,30,32-34,36,44H,14-16,18-23,25-26H2,1-7H3,(H,43,46)(H,47,48)/t30-,32?,33-,34+,36+,39-,40+,41+,42-/m0/s1. The third kappa shape index (κ3) is 5.01. The van der Waals surface area contributed by atoms with E-state index in [1.54, 1.807) is 18.3 Å². The van der Waals surface area contributed by atoms with Gasteiger partial charge < -0.3 is 15.7 Å². The van der Waals surface area contributed by atoms with Gasteiger partial charge in [-0.25, -0.2) is 4.79 Å². The molecule has 4 fully saturated rings. The van der Waals surface area contributed by atoms with Crippen molar-refractivity contribution in [3.63, 3.8) is 0 Å². The number of carboxylic acids is 1. The molecule has 260 valence electrons. The first-order chi connectivity index (χ1) is 22.8. The number of fused-ring (bicyclic) bond motifs is 7. The molecule has 1 unspecified atom stereocenters. The molecule has 6 nitrogen and oxygen atoms in total. The fourth-order valence-electron chi connectivity index (χ4n) is 13.5. The molecule has 9 atom stereocenters. The number of nitrogens with one attached hydrogen (secondary N) is 2. The number of hydrogen-bond acceptors (Lipinski definition) is 5. The Morgan fingerprint density at radius 2 is 1.67 bits per heavy atom. The summed E-state index contributed by atoms with van der Waals surface area (Å²) in [6.07, 6.45) is 16.0. The van der Waals surface area contributed by atoms with Gasteiger partial charge in [-0.05, 0) is 150 Å². The molecule has 1 heterocycles. The molecule has 0 amide bonds. The summed E-state index contributed by atoms with van der Waals surface area (Å²) in [6, 6.07) is 11.6. The predicted molar refractivity (Wildman–Crippen MR) is 195 cm³/mol. The second kappa shape index (κ2) is 12.0. The Labute approximate surface area is 289 Å². The van der Waals surface area contributed by atoms with Gasteiger partial charge in [-0.3, -0.25) is 0 Å². The zero-order chi connectivity index (χ0) is 34.1. The van der Waals surface area contributed by atoms with Gasteiger partial charge in [0.15, 0.2) is 0 Å². The Bertz CT molecular complexity index is 1540. The van der Waals surface area contributed by atoms with Crippen molar-refractivity contribution in [3.8, 4) is 0 Å². The lowest BCUT2D eigenvalue weighted by Gasteiger charge is -2.72. The molecule has 1 aromatic heterocycles. The van der Waals surface area contributed by atoms with Crippen LogP contribution in [-0.4, -0.2) is 39.9 Å². The van der Waals surface area contributed by atoms with Gasteiger partial charge in [0.05, 0.1) is 5.56 Å². The number of allylic oxidation sites excluding steroid dienone is 2. The topological polar surface area (TPSA) is 87.1 Å². The highest BCUT2D eigenvalue weighted by atomic mass is 16.4. The van der Waals surface area contributed by atoms with Crippen LogP contribution in [0.3, 0.4) is 0 Å². The minimum absolute atomic E-state index is 0.0377. The molecule has 0 aliphatic heterocycles. The van der Waals surface area contributed by atoms with Crippen molar-refractivity contribution < 1.29 is 9.90 Å². The van der Waals surface area contributed by atoms with E-state index < -0.39 is 5.97 Å². The first kappa shape index (κ1) is 33.8. The maximum absolute atomic E-state index is 11.5. The first-order valence-electron chi connectivity index (χ1n) is 19.1. The number of rotatable bonds is 8. The van der Waals surface area contributed by atoms with Crippen LogP contribution < -0.4 is 10.6 Å². The van der Waals surface area contributed by atoms with E-state index >= 15 is 0 Å². The molecule has 5 aliphatic rings. The van der Waals surface area contributed by atoms with Gasteiger partial charge in [-0.1, -0.05) is 66.7 Å². The summed E-state index contributed by atoms with van der Waals surface area (Å²) in [4.78, 5) is 11.5. The second-order valence-electron chi connectivity index (χ2n) is 18.2. The average molecular weight is 653 g/mol. The van der Waals surface area contributed by atoms with Crippen LogP contribution in [0.15, 0.2) is 48.7 Å². The number of hydrogen-bond donors (Lipinski definition) is 3. The molecule has 48 heavy (non-hydrogen) atoms. The minimum atomic E-state index is -0.856. The molecular weight excluding hydrogens is 592 g/mol. The third-order valence-corrected chi connectivity index (χ3v) is 15.8. The van der Waals surface area contributed by atoms with Crippen LogP contribution in [0.4, 0.5) is 5.82 Å². The number of nitrogens with zero attached hydrogens (tertiary/aromatic N) is 2. The minimum Gasteiger partial charge on any atom is -0.478 e. The number of carboxylic acid groups (broad SMARTS) is 1. The van der Waals surface area contributed by atoms with Crippen LogP contribution in [-0.2, 0) is 0 Å². The van der Waals surface area contributed by atoms with Crippen LogP contribution in [0.1, 0.15) is 122 Å². The summed E-state index contributed by atoms with van der Waals surface area (Å²) in [5.41, 5.74) is 4.19. The van der Waals surface area contributed by atoms with E-state index in [0.717, 1.165) is 43.1 Å². The zero-order valence-corrected chi connectivity index (χ0v) is 30.6. The summed E-state index contributed by atoms with van der Waals surface area (Å²) in [5, 5.41) is 25.5. The van der Waals surface area contributed by atoms with E-state index in [4.69, 9.17) is 0 Å². The summed E-state index contributed by atoms with van der Waals surface area (Å²) in [5.74, 6) is 4.33. The second-order valence-corrected chi connectivity index (χ2v) is 18.2. The predicted octanol–water partition coefficient (Wildman–Crippen LogP) is 9.36. The maximum atomic E-state index is 11.5. The van der Waals surface area contributed by atoms with Crippen LogP contribution in [0.25, 0.3) is 5.57 Å². The SMILES string of the molecule is CC(C)[C@@H]1CC[C@]2(NCCNc3cccnn3)CC[C@]3(C)C(CC[C@@H]4[C@@]5(C)CC=C(c6ccc(C(=O)O)cc6)C(C)(C)[C@@H]5CC[C@]43C)[C@@H]12. The van der Waals surface area contributed by atoms with Crippen LogP contribution >= 0.6 is 0 Å². The molecule has 2 aromatic rings. The molecule has 5 aliphatic carbocycles. The Morgan fingerprint density at radius 1 is 0.896 bits per heavy atom. The molecule has 0 spiro atoms. The number of carbonyl (C=O) groups is 1. The Morgan fingerprint density at radius 3 is 2.35 bits per heavy atom. The highest BCUT2D eigenvalue weighted by Gasteiger charge is 2.70. The molecule has 3 N–H and O–H groups in total. The Hall–Kier alpha value is -2.73. The highest BCUT2D eigenvalue weighted by molar-refractivity contribution is 5.88. The molecule has 6 heteroatoms. The van der Waals surface area contributed by atoms with Crippen LogP contribution in [0, 0.1) is 57.2 Å². The monoisotopic (exact) mass is 652 g/mol. The molecule has 4 saturated carbocycles. The zero-order valence-electron chi connectivity index (χ0n) is 30.6. The van der Waals surface area contributed by atoms with Gasteiger partial charge in [0.25, 0.3) is 0 Å². The van der Waals surface area contributed by atoms with Crippen molar-refractivity contribution >= 4 is 17.4 Å². The number of aromatic nitrogens is 2. The van der Waals surface area contributed by atoms with Gasteiger partial charge in [-0.2, -0.15) is 5.10 Å².